The molecule has 31 heavy (non-hydrogen) atoms. The zero-order chi connectivity index (χ0) is 21.3. The molecule has 2 atom stereocenters. The van der Waals surface area contributed by atoms with Gasteiger partial charge in [-0.2, -0.15) is 10.3 Å². The van der Waals surface area contributed by atoms with Crippen molar-refractivity contribution in [3.8, 4) is 11.8 Å². The van der Waals surface area contributed by atoms with Crippen molar-refractivity contribution >= 4 is 12.1 Å². The average molecular weight is 431 g/mol. The Bertz CT molecular complexity index is 891. The van der Waals surface area contributed by atoms with Gasteiger partial charge in [-0.15, -0.1) is 0 Å². The molecule has 0 radical (unpaired) electrons. The van der Waals surface area contributed by atoms with Crippen LogP contribution in [0, 0.1) is 11.3 Å². The molecule has 2 aromatic rings. The quantitative estimate of drug-likeness (QED) is 0.398. The van der Waals surface area contributed by atoms with Gasteiger partial charge in [0.05, 0.1) is 24.1 Å². The minimum absolute atomic E-state index is 0. The van der Waals surface area contributed by atoms with Crippen molar-refractivity contribution in [2.75, 3.05) is 13.1 Å². The number of hydroxylamine groups is 2. The Hall–Kier alpha value is -2.41. The number of benzene rings is 2. The van der Waals surface area contributed by atoms with E-state index in [0.29, 0.717) is 18.6 Å². The first-order chi connectivity index (χ1) is 14.6. The van der Waals surface area contributed by atoms with E-state index in [1.807, 2.05) is 36.4 Å². The van der Waals surface area contributed by atoms with E-state index in [2.05, 4.69) is 6.07 Å². The number of nitriles is 1. The van der Waals surface area contributed by atoms with E-state index in [-0.39, 0.29) is 42.7 Å². The van der Waals surface area contributed by atoms with E-state index in [0.717, 1.165) is 10.6 Å². The molecule has 1 fully saturated rings. The minimum atomic E-state index is -1.28. The van der Waals surface area contributed by atoms with Crippen LogP contribution in [-0.4, -0.2) is 47.2 Å². The SMILES string of the molecule is N#C[C@@H]1CC[C@@H](N(OCc2ccccc2)C(=O)Oc2ccccc2)CN1CC(=O)[O-].[Na+]. The second-order valence-corrected chi connectivity index (χ2v) is 6.94. The summed E-state index contributed by atoms with van der Waals surface area (Å²) in [4.78, 5) is 31.3. The van der Waals surface area contributed by atoms with Crippen LogP contribution in [0.15, 0.2) is 60.7 Å². The van der Waals surface area contributed by atoms with Crippen LogP contribution in [0.3, 0.4) is 0 Å². The van der Waals surface area contributed by atoms with Crippen LogP contribution < -0.4 is 39.4 Å². The predicted molar refractivity (Wildman–Crippen MR) is 105 cm³/mol. The van der Waals surface area contributed by atoms with Crippen LogP contribution in [0.5, 0.6) is 5.75 Å². The van der Waals surface area contributed by atoms with E-state index in [1.54, 1.807) is 24.3 Å². The third kappa shape index (κ3) is 7.35. The van der Waals surface area contributed by atoms with Crippen LogP contribution in [0.25, 0.3) is 0 Å². The molecule has 156 valence electrons. The van der Waals surface area contributed by atoms with Gasteiger partial charge in [0.25, 0.3) is 0 Å². The van der Waals surface area contributed by atoms with E-state index in [1.165, 1.54) is 4.90 Å². The topological polar surface area (TPSA) is 106 Å². The normalized spacial score (nSPS) is 18.3. The van der Waals surface area contributed by atoms with Crippen molar-refractivity contribution in [1.82, 2.24) is 9.96 Å². The second-order valence-electron chi connectivity index (χ2n) is 6.94. The van der Waals surface area contributed by atoms with Crippen molar-refractivity contribution in [2.24, 2.45) is 0 Å². The Morgan fingerprint density at radius 1 is 1.10 bits per heavy atom. The summed E-state index contributed by atoms with van der Waals surface area (Å²) in [5.41, 5.74) is 0.868. The van der Waals surface area contributed by atoms with Gasteiger partial charge in [-0.3, -0.25) is 9.74 Å². The summed E-state index contributed by atoms with van der Waals surface area (Å²) in [5.74, 6) is -0.910. The number of amides is 1. The summed E-state index contributed by atoms with van der Waals surface area (Å²) in [6.07, 6.45) is 0.171. The van der Waals surface area contributed by atoms with Crippen LogP contribution in [0.2, 0.25) is 0 Å². The molecule has 0 bridgehead atoms. The summed E-state index contributed by atoms with van der Waals surface area (Å²) in [6.45, 7) is -0.0940. The molecular weight excluding hydrogens is 409 g/mol. The molecule has 9 heteroatoms. The van der Waals surface area contributed by atoms with Crippen molar-refractivity contribution < 1.29 is 53.8 Å². The molecule has 2 aromatic carbocycles. The van der Waals surface area contributed by atoms with Crippen molar-refractivity contribution in [1.29, 1.82) is 5.26 Å². The third-order valence-electron chi connectivity index (χ3n) is 4.81. The Morgan fingerprint density at radius 3 is 2.35 bits per heavy atom. The zero-order valence-electron chi connectivity index (χ0n) is 17.3. The first-order valence-corrected chi connectivity index (χ1v) is 9.63. The number of hydrogen-bond acceptors (Lipinski definition) is 7. The fourth-order valence-corrected chi connectivity index (χ4v) is 3.36. The first-order valence-electron chi connectivity index (χ1n) is 9.63. The molecule has 0 unspecified atom stereocenters. The summed E-state index contributed by atoms with van der Waals surface area (Å²) in [7, 11) is 0. The van der Waals surface area contributed by atoms with E-state index in [9.17, 15) is 20.0 Å². The Morgan fingerprint density at radius 2 is 1.74 bits per heavy atom. The molecule has 3 rings (SSSR count). The number of carboxylic acid groups (broad SMARTS) is 1. The van der Waals surface area contributed by atoms with Crippen molar-refractivity contribution in [2.45, 2.75) is 31.5 Å². The first kappa shape index (κ1) is 24.9. The maximum atomic E-state index is 12.9. The molecule has 0 N–H and O–H groups in total. The number of nitrogens with zero attached hydrogens (tertiary/aromatic N) is 3. The number of ether oxygens (including phenoxy) is 1. The second kappa shape index (κ2) is 12.4. The smallest absolute Gasteiger partial charge is 0.549 e. The van der Waals surface area contributed by atoms with Gasteiger partial charge >= 0.3 is 35.7 Å². The largest absolute Gasteiger partial charge is 1.00 e. The number of carbonyl (C=O) groups excluding carboxylic acids is 2. The number of carbonyl (C=O) groups is 2. The molecule has 1 heterocycles. The van der Waals surface area contributed by atoms with Crippen LogP contribution >= 0.6 is 0 Å². The summed E-state index contributed by atoms with van der Waals surface area (Å²) in [6, 6.07) is 19.0. The molecule has 1 aliphatic heterocycles. The maximum Gasteiger partial charge on any atom is 1.00 e. The Balaban J connectivity index is 0.00000341. The number of hydrogen-bond donors (Lipinski definition) is 0. The number of rotatable bonds is 7. The Kier molecular flexibility index (Phi) is 9.98. The fraction of sp³-hybridized carbons (Fsp3) is 0.318. The van der Waals surface area contributed by atoms with Crippen LogP contribution in [-0.2, 0) is 16.2 Å². The van der Waals surface area contributed by atoms with Gasteiger partial charge in [0.1, 0.15) is 12.4 Å². The van der Waals surface area contributed by atoms with Gasteiger partial charge in [-0.25, -0.2) is 4.79 Å². The standard InChI is InChI=1S/C22H23N3O5.Na/c23-13-18-11-12-19(14-24(18)15-21(26)27)25(29-16-17-7-3-1-4-8-17)22(28)30-20-9-5-2-6-10-20;/h1-10,18-19H,11-12,14-16H2,(H,26,27);/q;+1/p-1/t18-,19+;/m0./s1. The van der Waals surface area contributed by atoms with Gasteiger partial charge < -0.3 is 14.6 Å². The molecule has 1 saturated heterocycles. The number of carboxylic acids is 1. The fourth-order valence-electron chi connectivity index (χ4n) is 3.36. The van der Waals surface area contributed by atoms with Crippen molar-refractivity contribution in [3.05, 3.63) is 66.2 Å². The third-order valence-corrected chi connectivity index (χ3v) is 4.81. The van der Waals surface area contributed by atoms with Crippen LogP contribution in [0.1, 0.15) is 18.4 Å². The van der Waals surface area contributed by atoms with Gasteiger partial charge in [-0.05, 0) is 30.5 Å². The Labute approximate surface area is 203 Å². The van der Waals surface area contributed by atoms with E-state index >= 15 is 0 Å². The van der Waals surface area contributed by atoms with E-state index in [4.69, 9.17) is 9.57 Å². The van der Waals surface area contributed by atoms with Crippen LogP contribution in [0.4, 0.5) is 4.79 Å². The maximum absolute atomic E-state index is 12.9. The molecule has 0 spiro atoms. The summed E-state index contributed by atoms with van der Waals surface area (Å²) < 4.78 is 5.44. The summed E-state index contributed by atoms with van der Waals surface area (Å²) in [5, 5.41) is 21.6. The number of aliphatic carboxylic acids is 1. The van der Waals surface area contributed by atoms with E-state index < -0.39 is 30.7 Å². The van der Waals surface area contributed by atoms with Gasteiger partial charge in [0.2, 0.25) is 0 Å². The number of piperidine rings is 1. The van der Waals surface area contributed by atoms with Crippen molar-refractivity contribution in [3.63, 3.8) is 0 Å². The predicted octanol–water partition coefficient (Wildman–Crippen LogP) is -1.27. The number of para-hydroxylation sites is 1. The molecule has 0 saturated carbocycles. The molecule has 0 aromatic heterocycles. The van der Waals surface area contributed by atoms with Gasteiger partial charge in [-0.1, -0.05) is 48.5 Å². The molecule has 1 amide bonds. The van der Waals surface area contributed by atoms with Gasteiger partial charge in [0, 0.05) is 13.1 Å². The number of likely N-dealkylation sites (tertiary alicyclic amines) is 1. The molecule has 0 aliphatic carbocycles. The minimum Gasteiger partial charge on any atom is -0.549 e. The van der Waals surface area contributed by atoms with Gasteiger partial charge in [0.15, 0.2) is 0 Å². The average Bonchev–Trinajstić information content (AvgIpc) is 2.75. The molecule has 8 nitrogen and oxygen atoms in total. The molecular formula is C22H22N3NaO5. The summed E-state index contributed by atoms with van der Waals surface area (Å²) >= 11 is 0. The zero-order valence-corrected chi connectivity index (χ0v) is 19.3. The monoisotopic (exact) mass is 431 g/mol. The molecule has 1 aliphatic rings.